The molecule has 2 aromatic carbocycles. The lowest BCUT2D eigenvalue weighted by molar-refractivity contribution is 1.32. The zero-order valence-electron chi connectivity index (χ0n) is 11.8. The van der Waals surface area contributed by atoms with Crippen molar-refractivity contribution in [2.45, 2.75) is 20.8 Å². The quantitative estimate of drug-likeness (QED) is 0.757. The van der Waals surface area contributed by atoms with E-state index < -0.39 is 0 Å². The van der Waals surface area contributed by atoms with Crippen LogP contribution < -0.4 is 10.6 Å². The molecule has 2 N–H and O–H groups in total. The van der Waals surface area contributed by atoms with Crippen LogP contribution in [0.15, 0.2) is 36.4 Å². The van der Waals surface area contributed by atoms with Gasteiger partial charge in [0.2, 0.25) is 0 Å². The number of aryl methyl sites for hydroxylation is 3. The largest absolute Gasteiger partial charge is 0.332 e. The Morgan fingerprint density at radius 2 is 1.65 bits per heavy atom. The second-order valence-corrected chi connectivity index (χ2v) is 5.71. The van der Waals surface area contributed by atoms with Crippen LogP contribution in [0.25, 0.3) is 0 Å². The molecule has 0 fully saturated rings. The molecule has 0 bridgehead atoms. The standard InChI is InChI=1S/C16H17ClN2S/c1-10-7-11(2)15(12(3)8-10)19-16(20)18-14-6-4-5-13(17)9-14/h4-9H,1-3H3,(H2,18,19,20). The van der Waals surface area contributed by atoms with Crippen LogP contribution in [-0.4, -0.2) is 5.11 Å². The molecule has 0 aliphatic heterocycles. The van der Waals surface area contributed by atoms with E-state index in [1.807, 2.05) is 24.3 Å². The summed E-state index contributed by atoms with van der Waals surface area (Å²) < 4.78 is 0. The second kappa shape index (κ2) is 6.25. The minimum absolute atomic E-state index is 0.558. The van der Waals surface area contributed by atoms with Gasteiger partial charge in [0.25, 0.3) is 0 Å². The maximum atomic E-state index is 5.95. The maximum absolute atomic E-state index is 5.95. The minimum Gasteiger partial charge on any atom is -0.332 e. The third kappa shape index (κ3) is 3.71. The zero-order chi connectivity index (χ0) is 14.7. The van der Waals surface area contributed by atoms with Crippen molar-refractivity contribution in [3.63, 3.8) is 0 Å². The topological polar surface area (TPSA) is 24.1 Å². The molecule has 0 spiro atoms. The first kappa shape index (κ1) is 14.8. The molecule has 2 aromatic rings. The fraction of sp³-hybridized carbons (Fsp3) is 0.188. The average molecular weight is 305 g/mol. The molecule has 0 unspecified atom stereocenters. The highest BCUT2D eigenvalue weighted by atomic mass is 35.5. The van der Waals surface area contributed by atoms with E-state index in [1.165, 1.54) is 16.7 Å². The zero-order valence-corrected chi connectivity index (χ0v) is 13.3. The highest BCUT2D eigenvalue weighted by Crippen LogP contribution is 2.22. The van der Waals surface area contributed by atoms with Crippen LogP contribution in [0.5, 0.6) is 0 Å². The van der Waals surface area contributed by atoms with Crippen LogP contribution in [0.4, 0.5) is 11.4 Å². The van der Waals surface area contributed by atoms with Crippen molar-refractivity contribution >= 4 is 40.3 Å². The van der Waals surface area contributed by atoms with Gasteiger partial charge in [-0.1, -0.05) is 35.4 Å². The van der Waals surface area contributed by atoms with Crippen molar-refractivity contribution in [3.05, 3.63) is 58.1 Å². The predicted octanol–water partition coefficient (Wildman–Crippen LogP) is 5.07. The number of thiocarbonyl (C=S) groups is 1. The van der Waals surface area contributed by atoms with E-state index in [4.69, 9.17) is 23.8 Å². The molecule has 0 saturated carbocycles. The Bertz CT molecular complexity index is 630. The molecule has 0 aliphatic carbocycles. The van der Waals surface area contributed by atoms with Crippen LogP contribution in [0, 0.1) is 20.8 Å². The van der Waals surface area contributed by atoms with Gasteiger partial charge in [-0.2, -0.15) is 0 Å². The molecule has 2 nitrogen and oxygen atoms in total. The van der Waals surface area contributed by atoms with Gasteiger partial charge < -0.3 is 10.6 Å². The Kier molecular flexibility index (Phi) is 4.63. The molecule has 0 heterocycles. The Hall–Kier alpha value is -1.58. The molecular formula is C16H17ClN2S. The molecule has 0 atom stereocenters. The van der Waals surface area contributed by atoms with Gasteiger partial charge in [0, 0.05) is 16.4 Å². The molecule has 0 amide bonds. The maximum Gasteiger partial charge on any atom is 0.175 e. The van der Waals surface area contributed by atoms with E-state index in [0.717, 1.165) is 11.4 Å². The van der Waals surface area contributed by atoms with Crippen molar-refractivity contribution in [2.24, 2.45) is 0 Å². The van der Waals surface area contributed by atoms with Crippen LogP contribution in [0.2, 0.25) is 5.02 Å². The summed E-state index contributed by atoms with van der Waals surface area (Å²) in [5.41, 5.74) is 5.53. The van der Waals surface area contributed by atoms with Crippen molar-refractivity contribution < 1.29 is 0 Å². The van der Waals surface area contributed by atoms with Gasteiger partial charge in [-0.3, -0.25) is 0 Å². The van der Waals surface area contributed by atoms with Crippen molar-refractivity contribution in [3.8, 4) is 0 Å². The van der Waals surface area contributed by atoms with Gasteiger partial charge in [-0.25, -0.2) is 0 Å². The van der Waals surface area contributed by atoms with Crippen LogP contribution in [0.1, 0.15) is 16.7 Å². The fourth-order valence-corrected chi connectivity index (χ4v) is 2.63. The normalized spacial score (nSPS) is 10.2. The summed E-state index contributed by atoms with van der Waals surface area (Å²) in [4.78, 5) is 0. The SMILES string of the molecule is Cc1cc(C)c(NC(=S)Nc2cccc(Cl)c2)c(C)c1. The molecule has 0 aromatic heterocycles. The average Bonchev–Trinajstić information content (AvgIpc) is 2.33. The van der Waals surface area contributed by atoms with Gasteiger partial charge in [0.05, 0.1) is 0 Å². The number of halogens is 1. The van der Waals surface area contributed by atoms with E-state index in [2.05, 4.69) is 43.5 Å². The van der Waals surface area contributed by atoms with Gasteiger partial charge in [0.15, 0.2) is 5.11 Å². The van der Waals surface area contributed by atoms with E-state index >= 15 is 0 Å². The van der Waals surface area contributed by atoms with Gasteiger partial charge in [-0.15, -0.1) is 0 Å². The molecule has 0 radical (unpaired) electrons. The van der Waals surface area contributed by atoms with Crippen molar-refractivity contribution in [2.75, 3.05) is 10.6 Å². The third-order valence-corrected chi connectivity index (χ3v) is 3.44. The summed E-state index contributed by atoms with van der Waals surface area (Å²) in [7, 11) is 0. The third-order valence-electron chi connectivity index (χ3n) is 3.00. The first-order chi connectivity index (χ1) is 9.45. The second-order valence-electron chi connectivity index (χ2n) is 4.86. The highest BCUT2D eigenvalue weighted by Gasteiger charge is 2.06. The summed E-state index contributed by atoms with van der Waals surface area (Å²) in [5.74, 6) is 0. The molecule has 20 heavy (non-hydrogen) atoms. The summed E-state index contributed by atoms with van der Waals surface area (Å²) in [6.45, 7) is 6.24. The number of hydrogen-bond donors (Lipinski definition) is 2. The van der Waals surface area contributed by atoms with Crippen LogP contribution >= 0.6 is 23.8 Å². The van der Waals surface area contributed by atoms with E-state index in [-0.39, 0.29) is 0 Å². The van der Waals surface area contributed by atoms with Crippen molar-refractivity contribution in [1.82, 2.24) is 0 Å². The number of hydrogen-bond acceptors (Lipinski definition) is 1. The molecule has 104 valence electrons. The summed E-state index contributed by atoms with van der Waals surface area (Å²) >= 11 is 11.3. The smallest absolute Gasteiger partial charge is 0.175 e. The number of anilines is 2. The van der Waals surface area contributed by atoms with Crippen LogP contribution in [0.3, 0.4) is 0 Å². The van der Waals surface area contributed by atoms with E-state index in [9.17, 15) is 0 Å². The summed E-state index contributed by atoms with van der Waals surface area (Å²) in [6, 6.07) is 11.8. The lowest BCUT2D eigenvalue weighted by atomic mass is 10.1. The van der Waals surface area contributed by atoms with Gasteiger partial charge in [0.1, 0.15) is 0 Å². The fourth-order valence-electron chi connectivity index (χ4n) is 2.22. The molecule has 0 saturated heterocycles. The van der Waals surface area contributed by atoms with Gasteiger partial charge in [-0.05, 0) is 62.3 Å². The molecule has 2 rings (SSSR count). The molecular weight excluding hydrogens is 288 g/mol. The van der Waals surface area contributed by atoms with E-state index in [0.29, 0.717) is 10.1 Å². The Morgan fingerprint density at radius 1 is 1.00 bits per heavy atom. The highest BCUT2D eigenvalue weighted by molar-refractivity contribution is 7.80. The van der Waals surface area contributed by atoms with E-state index in [1.54, 1.807) is 0 Å². The Morgan fingerprint density at radius 3 is 2.25 bits per heavy atom. The minimum atomic E-state index is 0.558. The number of nitrogens with one attached hydrogen (secondary N) is 2. The lowest BCUT2D eigenvalue weighted by Gasteiger charge is -2.15. The summed E-state index contributed by atoms with van der Waals surface area (Å²) in [5, 5.41) is 7.63. The number of benzene rings is 2. The number of rotatable bonds is 2. The monoisotopic (exact) mass is 304 g/mol. The summed E-state index contributed by atoms with van der Waals surface area (Å²) in [6.07, 6.45) is 0. The lowest BCUT2D eigenvalue weighted by Crippen LogP contribution is -2.20. The Balaban J connectivity index is 2.13. The molecule has 0 aliphatic rings. The first-order valence-corrected chi connectivity index (χ1v) is 7.16. The first-order valence-electron chi connectivity index (χ1n) is 6.37. The molecule has 4 heteroatoms. The Labute approximate surface area is 130 Å². The predicted molar refractivity (Wildman–Crippen MR) is 91.9 cm³/mol. The van der Waals surface area contributed by atoms with Crippen molar-refractivity contribution in [1.29, 1.82) is 0 Å². The van der Waals surface area contributed by atoms with Crippen LogP contribution in [-0.2, 0) is 0 Å². The van der Waals surface area contributed by atoms with Gasteiger partial charge >= 0.3 is 0 Å².